The number of nitrogens with zero attached hydrogens (tertiary/aromatic N) is 1. The molecule has 1 aliphatic carbocycles. The quantitative estimate of drug-likeness (QED) is 0.181. The molecule has 10 rings (SSSR count). The SMILES string of the molecule is c1ccc(N(c2ccc3c(c2)sc2c(C4(c5ccccc5)c5ccccc5-c5ccccc54)cccc23)c2cccc3ccccc23)cc1. The molecular weight excluding hydrogens is 611 g/mol. The highest BCUT2D eigenvalue weighted by atomic mass is 32.1. The average Bonchev–Trinajstić information content (AvgIpc) is 3.70. The van der Waals surface area contributed by atoms with Gasteiger partial charge in [-0.2, -0.15) is 0 Å². The molecule has 1 aliphatic rings. The Morgan fingerprint density at radius 1 is 0.408 bits per heavy atom. The predicted octanol–water partition coefficient (Wildman–Crippen LogP) is 13.0. The van der Waals surface area contributed by atoms with Crippen molar-refractivity contribution in [2.24, 2.45) is 0 Å². The molecule has 1 nitrogen and oxygen atoms in total. The summed E-state index contributed by atoms with van der Waals surface area (Å²) in [6, 6.07) is 69.1. The van der Waals surface area contributed by atoms with E-state index in [1.54, 1.807) is 0 Å². The molecular formula is C47H31NS. The van der Waals surface area contributed by atoms with Crippen LogP contribution in [-0.2, 0) is 5.41 Å². The van der Waals surface area contributed by atoms with Crippen molar-refractivity contribution < 1.29 is 0 Å². The van der Waals surface area contributed by atoms with Crippen LogP contribution in [0.5, 0.6) is 0 Å². The number of hydrogen-bond donors (Lipinski definition) is 0. The van der Waals surface area contributed by atoms with Crippen LogP contribution in [-0.4, -0.2) is 0 Å². The molecule has 0 N–H and O–H groups in total. The zero-order valence-corrected chi connectivity index (χ0v) is 27.6. The lowest BCUT2D eigenvalue weighted by Gasteiger charge is -2.34. The monoisotopic (exact) mass is 641 g/mol. The number of rotatable bonds is 5. The number of hydrogen-bond acceptors (Lipinski definition) is 2. The van der Waals surface area contributed by atoms with Crippen molar-refractivity contribution >= 4 is 59.3 Å². The maximum Gasteiger partial charge on any atom is 0.0727 e. The van der Waals surface area contributed by atoms with Crippen molar-refractivity contribution in [3.8, 4) is 11.1 Å². The highest BCUT2D eigenvalue weighted by Gasteiger charge is 2.46. The lowest BCUT2D eigenvalue weighted by atomic mass is 9.67. The van der Waals surface area contributed by atoms with Crippen molar-refractivity contribution in [3.05, 3.63) is 210 Å². The summed E-state index contributed by atoms with van der Waals surface area (Å²) in [5.41, 5.74) is 11.0. The third-order valence-corrected chi connectivity index (χ3v) is 11.5. The van der Waals surface area contributed by atoms with Crippen LogP contribution in [0.3, 0.4) is 0 Å². The van der Waals surface area contributed by atoms with Gasteiger partial charge in [0.1, 0.15) is 0 Å². The maximum absolute atomic E-state index is 2.40. The van der Waals surface area contributed by atoms with Gasteiger partial charge in [0.2, 0.25) is 0 Å². The first-order chi connectivity index (χ1) is 24.3. The molecule has 0 spiro atoms. The van der Waals surface area contributed by atoms with Crippen LogP contribution >= 0.6 is 11.3 Å². The fourth-order valence-corrected chi connectivity index (χ4v) is 9.62. The third-order valence-electron chi connectivity index (χ3n) is 10.3. The van der Waals surface area contributed by atoms with E-state index in [0.29, 0.717) is 0 Å². The fourth-order valence-electron chi connectivity index (χ4n) is 8.31. The van der Waals surface area contributed by atoms with Crippen LogP contribution in [0.2, 0.25) is 0 Å². The van der Waals surface area contributed by atoms with E-state index in [0.717, 1.165) is 11.4 Å². The van der Waals surface area contributed by atoms with Gasteiger partial charge in [0.25, 0.3) is 0 Å². The largest absolute Gasteiger partial charge is 0.310 e. The Labute approximate surface area is 290 Å². The molecule has 0 bridgehead atoms. The summed E-state index contributed by atoms with van der Waals surface area (Å²) in [6.07, 6.45) is 0. The van der Waals surface area contributed by atoms with Crippen molar-refractivity contribution in [1.82, 2.24) is 0 Å². The summed E-state index contributed by atoms with van der Waals surface area (Å²) < 4.78 is 2.62. The highest BCUT2D eigenvalue weighted by Crippen LogP contribution is 2.58. The van der Waals surface area contributed by atoms with Crippen LogP contribution in [0.25, 0.3) is 42.1 Å². The van der Waals surface area contributed by atoms with Gasteiger partial charge >= 0.3 is 0 Å². The number of thiophene rings is 1. The van der Waals surface area contributed by atoms with Crippen molar-refractivity contribution in [2.45, 2.75) is 5.41 Å². The molecule has 0 aliphatic heterocycles. The Morgan fingerprint density at radius 3 is 1.78 bits per heavy atom. The first-order valence-corrected chi connectivity index (χ1v) is 17.7. The standard InChI is InChI=1S/C47H31NS/c1-3-17-33(18-4-1)47(41-25-11-9-22-37(41)38-23-10-12-26-42(38)47)43-27-14-24-40-39-30-29-35(31-45(39)49-46(40)43)48(34-19-5-2-6-20-34)44-28-13-16-32-15-7-8-21-36(32)44/h1-31H. The molecule has 0 saturated carbocycles. The van der Waals surface area contributed by atoms with Gasteiger partial charge in [-0.15, -0.1) is 11.3 Å². The zero-order valence-electron chi connectivity index (χ0n) is 26.8. The van der Waals surface area contributed by atoms with E-state index in [4.69, 9.17) is 0 Å². The van der Waals surface area contributed by atoms with Crippen LogP contribution in [0.4, 0.5) is 17.1 Å². The Bertz CT molecular complexity index is 2620. The molecule has 0 saturated heterocycles. The topological polar surface area (TPSA) is 3.24 Å². The molecule has 0 radical (unpaired) electrons. The zero-order chi connectivity index (χ0) is 32.4. The number of benzene rings is 8. The summed E-state index contributed by atoms with van der Waals surface area (Å²) in [5.74, 6) is 0. The van der Waals surface area contributed by atoms with Gasteiger partial charge in [0, 0.05) is 36.9 Å². The van der Waals surface area contributed by atoms with Crippen LogP contribution < -0.4 is 4.90 Å². The van der Waals surface area contributed by atoms with E-state index in [-0.39, 0.29) is 0 Å². The second-order valence-electron chi connectivity index (χ2n) is 12.8. The normalized spacial score (nSPS) is 13.1. The number of para-hydroxylation sites is 1. The Hall–Kier alpha value is -5.96. The van der Waals surface area contributed by atoms with Gasteiger partial charge in [0.15, 0.2) is 0 Å². The molecule has 0 fully saturated rings. The molecule has 2 heteroatoms. The van der Waals surface area contributed by atoms with Crippen LogP contribution in [0, 0.1) is 0 Å². The summed E-state index contributed by atoms with van der Waals surface area (Å²) in [4.78, 5) is 2.40. The van der Waals surface area contributed by atoms with Crippen molar-refractivity contribution in [3.63, 3.8) is 0 Å². The van der Waals surface area contributed by atoms with E-state index >= 15 is 0 Å². The summed E-state index contributed by atoms with van der Waals surface area (Å²) in [6.45, 7) is 0. The summed E-state index contributed by atoms with van der Waals surface area (Å²) in [5, 5.41) is 5.06. The van der Waals surface area contributed by atoms with Gasteiger partial charge in [-0.1, -0.05) is 158 Å². The fraction of sp³-hybridized carbons (Fsp3) is 0.0213. The first kappa shape index (κ1) is 28.1. The molecule has 230 valence electrons. The lowest BCUT2D eigenvalue weighted by molar-refractivity contribution is 0.778. The Balaban J connectivity index is 1.24. The Kier molecular flexibility index (Phi) is 6.34. The van der Waals surface area contributed by atoms with Crippen LogP contribution in [0.1, 0.15) is 22.3 Å². The minimum atomic E-state index is -0.434. The van der Waals surface area contributed by atoms with E-state index < -0.39 is 5.41 Å². The van der Waals surface area contributed by atoms with E-state index in [9.17, 15) is 0 Å². The summed E-state index contributed by atoms with van der Waals surface area (Å²) in [7, 11) is 0. The molecule has 1 aromatic heterocycles. The number of fused-ring (bicyclic) bond motifs is 7. The molecule has 0 unspecified atom stereocenters. The molecule has 49 heavy (non-hydrogen) atoms. The first-order valence-electron chi connectivity index (χ1n) is 16.9. The Morgan fingerprint density at radius 2 is 1.00 bits per heavy atom. The van der Waals surface area contributed by atoms with Gasteiger partial charge in [0.05, 0.1) is 11.1 Å². The molecule has 0 amide bonds. The van der Waals surface area contributed by atoms with E-state index in [2.05, 4.69) is 193 Å². The minimum absolute atomic E-state index is 0.434. The minimum Gasteiger partial charge on any atom is -0.310 e. The van der Waals surface area contributed by atoms with Crippen molar-refractivity contribution in [2.75, 3.05) is 4.90 Å². The number of anilines is 3. The molecule has 8 aromatic carbocycles. The maximum atomic E-state index is 2.40. The smallest absolute Gasteiger partial charge is 0.0727 e. The average molecular weight is 642 g/mol. The molecule has 0 atom stereocenters. The van der Waals surface area contributed by atoms with Gasteiger partial charge in [-0.25, -0.2) is 0 Å². The van der Waals surface area contributed by atoms with E-state index in [1.807, 2.05) is 11.3 Å². The second-order valence-corrected chi connectivity index (χ2v) is 13.9. The highest BCUT2D eigenvalue weighted by molar-refractivity contribution is 7.26. The third kappa shape index (κ3) is 4.11. The van der Waals surface area contributed by atoms with Gasteiger partial charge < -0.3 is 4.90 Å². The lowest BCUT2D eigenvalue weighted by Crippen LogP contribution is -2.28. The molecule has 1 heterocycles. The van der Waals surface area contributed by atoms with Crippen LogP contribution in [0.15, 0.2) is 188 Å². The van der Waals surface area contributed by atoms with E-state index in [1.165, 1.54) is 70.0 Å². The van der Waals surface area contributed by atoms with Gasteiger partial charge in [-0.05, 0) is 69.1 Å². The molecule has 9 aromatic rings. The van der Waals surface area contributed by atoms with Gasteiger partial charge in [-0.3, -0.25) is 0 Å². The second kappa shape index (κ2) is 11.1. The van der Waals surface area contributed by atoms with Crippen molar-refractivity contribution in [1.29, 1.82) is 0 Å². The predicted molar refractivity (Wildman–Crippen MR) is 209 cm³/mol. The summed E-state index contributed by atoms with van der Waals surface area (Å²) >= 11 is 1.92.